The molecule has 0 amide bonds. The van der Waals surface area contributed by atoms with E-state index in [2.05, 4.69) is 15.3 Å². The van der Waals surface area contributed by atoms with E-state index in [1.54, 1.807) is 4.68 Å². The number of carbonyl (C=O) groups is 1. The maximum absolute atomic E-state index is 11.0. The van der Waals surface area contributed by atoms with Gasteiger partial charge in [0.1, 0.15) is 0 Å². The fourth-order valence-corrected chi connectivity index (χ4v) is 2.23. The fraction of sp³-hybridized carbons (Fsp3) is 0.429. The highest BCUT2D eigenvalue weighted by atomic mass is 16.4. The largest absolute Gasteiger partial charge is 0.481 e. The van der Waals surface area contributed by atoms with E-state index in [0.29, 0.717) is 18.7 Å². The molecule has 0 saturated carbocycles. The van der Waals surface area contributed by atoms with E-state index in [1.165, 1.54) is 0 Å². The van der Waals surface area contributed by atoms with E-state index < -0.39 is 5.97 Å². The Morgan fingerprint density at radius 1 is 1.25 bits per heavy atom. The second kappa shape index (κ2) is 5.81. The second-order valence-electron chi connectivity index (χ2n) is 4.59. The standard InChI is InChI=1S/C14H18N4O2/c1-4-11-10(8-14(19)20)12(5-2)18(17-11)13-7-6-9(3)15-16-13/h6-7H,4-5,8H2,1-3H3,(H,19,20). The number of aliphatic carboxylic acids is 1. The van der Waals surface area contributed by atoms with Crippen LogP contribution in [0.3, 0.4) is 0 Å². The summed E-state index contributed by atoms with van der Waals surface area (Å²) in [5.74, 6) is -0.220. The van der Waals surface area contributed by atoms with Crippen molar-refractivity contribution in [3.8, 4) is 5.82 Å². The summed E-state index contributed by atoms with van der Waals surface area (Å²) in [6.07, 6.45) is 1.39. The maximum atomic E-state index is 11.0. The van der Waals surface area contributed by atoms with E-state index >= 15 is 0 Å². The second-order valence-corrected chi connectivity index (χ2v) is 4.59. The van der Waals surface area contributed by atoms with Gasteiger partial charge in [0.25, 0.3) is 0 Å². The number of aromatic nitrogens is 4. The molecule has 6 nitrogen and oxygen atoms in total. The Kier molecular flexibility index (Phi) is 4.12. The number of hydrogen-bond acceptors (Lipinski definition) is 4. The van der Waals surface area contributed by atoms with Crippen LogP contribution in [0.1, 0.15) is 36.5 Å². The van der Waals surface area contributed by atoms with Crippen LogP contribution in [0.25, 0.3) is 5.82 Å². The first-order chi connectivity index (χ1) is 9.56. The van der Waals surface area contributed by atoms with Gasteiger partial charge in [-0.1, -0.05) is 13.8 Å². The van der Waals surface area contributed by atoms with Crippen molar-refractivity contribution in [3.63, 3.8) is 0 Å². The summed E-state index contributed by atoms with van der Waals surface area (Å²) >= 11 is 0. The summed E-state index contributed by atoms with van der Waals surface area (Å²) in [6.45, 7) is 5.83. The quantitative estimate of drug-likeness (QED) is 0.898. The van der Waals surface area contributed by atoms with Crippen molar-refractivity contribution in [1.29, 1.82) is 0 Å². The smallest absolute Gasteiger partial charge is 0.307 e. The highest BCUT2D eigenvalue weighted by Crippen LogP contribution is 2.20. The van der Waals surface area contributed by atoms with Crippen molar-refractivity contribution in [2.45, 2.75) is 40.0 Å². The lowest BCUT2D eigenvalue weighted by Crippen LogP contribution is -2.08. The van der Waals surface area contributed by atoms with Gasteiger partial charge in [-0.05, 0) is 31.9 Å². The third kappa shape index (κ3) is 2.68. The molecule has 0 aliphatic rings. The van der Waals surface area contributed by atoms with Gasteiger partial charge in [0.2, 0.25) is 0 Å². The van der Waals surface area contributed by atoms with Crippen LogP contribution in [0.4, 0.5) is 0 Å². The monoisotopic (exact) mass is 274 g/mol. The average Bonchev–Trinajstić information content (AvgIpc) is 2.76. The van der Waals surface area contributed by atoms with Gasteiger partial charge in [0, 0.05) is 11.3 Å². The molecule has 1 N–H and O–H groups in total. The van der Waals surface area contributed by atoms with Crippen LogP contribution < -0.4 is 0 Å². The van der Waals surface area contributed by atoms with E-state index in [4.69, 9.17) is 5.11 Å². The van der Waals surface area contributed by atoms with Crippen LogP contribution in [-0.2, 0) is 24.1 Å². The van der Waals surface area contributed by atoms with Crippen LogP contribution in [-0.4, -0.2) is 31.1 Å². The van der Waals surface area contributed by atoms with E-state index in [0.717, 1.165) is 22.6 Å². The molecule has 2 aromatic rings. The van der Waals surface area contributed by atoms with Gasteiger partial charge >= 0.3 is 5.97 Å². The lowest BCUT2D eigenvalue weighted by atomic mass is 10.1. The summed E-state index contributed by atoms with van der Waals surface area (Å²) in [5.41, 5.74) is 3.33. The van der Waals surface area contributed by atoms with Gasteiger partial charge in [0.15, 0.2) is 5.82 Å². The number of hydrogen-bond donors (Lipinski definition) is 1. The highest BCUT2D eigenvalue weighted by Gasteiger charge is 2.19. The molecule has 2 aromatic heterocycles. The molecule has 0 saturated heterocycles. The molecule has 20 heavy (non-hydrogen) atoms. The van der Waals surface area contributed by atoms with Gasteiger partial charge in [-0.3, -0.25) is 4.79 Å². The van der Waals surface area contributed by atoms with Crippen molar-refractivity contribution in [2.24, 2.45) is 0 Å². The molecule has 0 radical (unpaired) electrons. The van der Waals surface area contributed by atoms with Crippen LogP contribution in [0, 0.1) is 6.92 Å². The minimum atomic E-state index is -0.844. The summed E-state index contributed by atoms with van der Waals surface area (Å²) < 4.78 is 1.71. The molecule has 0 aromatic carbocycles. The summed E-state index contributed by atoms with van der Waals surface area (Å²) in [6, 6.07) is 3.71. The molecule has 0 bridgehead atoms. The Morgan fingerprint density at radius 3 is 2.50 bits per heavy atom. The van der Waals surface area contributed by atoms with Gasteiger partial charge < -0.3 is 5.11 Å². The predicted octanol–water partition coefficient (Wildman–Crippen LogP) is 1.72. The first kappa shape index (κ1) is 14.2. The zero-order valence-corrected chi connectivity index (χ0v) is 11.9. The van der Waals surface area contributed by atoms with E-state index in [1.807, 2.05) is 32.9 Å². The minimum Gasteiger partial charge on any atom is -0.481 e. The highest BCUT2D eigenvalue weighted by molar-refractivity contribution is 5.71. The number of nitrogens with zero attached hydrogens (tertiary/aromatic N) is 4. The Labute approximate surface area is 117 Å². The zero-order chi connectivity index (χ0) is 14.7. The van der Waals surface area contributed by atoms with Crippen molar-refractivity contribution in [2.75, 3.05) is 0 Å². The molecule has 106 valence electrons. The van der Waals surface area contributed by atoms with Crippen LogP contribution >= 0.6 is 0 Å². The number of aryl methyl sites for hydroxylation is 2. The van der Waals surface area contributed by atoms with Gasteiger partial charge in [0.05, 0.1) is 17.8 Å². The van der Waals surface area contributed by atoms with Crippen LogP contribution in [0.15, 0.2) is 12.1 Å². The van der Waals surface area contributed by atoms with Crippen LogP contribution in [0.5, 0.6) is 0 Å². The first-order valence-corrected chi connectivity index (χ1v) is 6.68. The predicted molar refractivity (Wildman–Crippen MR) is 74.0 cm³/mol. The first-order valence-electron chi connectivity index (χ1n) is 6.68. The van der Waals surface area contributed by atoms with E-state index in [9.17, 15) is 4.79 Å². The molecule has 0 unspecified atom stereocenters. The zero-order valence-electron chi connectivity index (χ0n) is 11.9. The van der Waals surface area contributed by atoms with Crippen molar-refractivity contribution >= 4 is 5.97 Å². The topological polar surface area (TPSA) is 80.9 Å². The lowest BCUT2D eigenvalue weighted by Gasteiger charge is -2.05. The van der Waals surface area contributed by atoms with Crippen molar-refractivity contribution in [3.05, 3.63) is 34.8 Å². The number of carboxylic acids is 1. The lowest BCUT2D eigenvalue weighted by molar-refractivity contribution is -0.136. The van der Waals surface area contributed by atoms with Gasteiger partial charge in [-0.25, -0.2) is 4.68 Å². The molecule has 0 atom stereocenters. The molecular formula is C14H18N4O2. The van der Waals surface area contributed by atoms with Gasteiger partial charge in [-0.2, -0.15) is 10.2 Å². The third-order valence-electron chi connectivity index (χ3n) is 3.17. The minimum absolute atomic E-state index is 0.00830. The normalized spacial score (nSPS) is 10.8. The molecular weight excluding hydrogens is 256 g/mol. The Morgan fingerprint density at radius 2 is 2.00 bits per heavy atom. The molecule has 0 aliphatic carbocycles. The van der Waals surface area contributed by atoms with Crippen LogP contribution in [0.2, 0.25) is 0 Å². The summed E-state index contributed by atoms with van der Waals surface area (Å²) in [5, 5.41) is 21.7. The SMILES string of the molecule is CCc1nn(-c2ccc(C)nn2)c(CC)c1CC(=O)O. The van der Waals surface area contributed by atoms with Crippen molar-refractivity contribution < 1.29 is 9.90 Å². The van der Waals surface area contributed by atoms with E-state index in [-0.39, 0.29) is 6.42 Å². The van der Waals surface area contributed by atoms with Gasteiger partial charge in [-0.15, -0.1) is 5.10 Å². The Bertz CT molecular complexity index is 617. The molecule has 2 rings (SSSR count). The third-order valence-corrected chi connectivity index (χ3v) is 3.17. The average molecular weight is 274 g/mol. The molecule has 0 fully saturated rings. The van der Waals surface area contributed by atoms with Crippen molar-refractivity contribution in [1.82, 2.24) is 20.0 Å². The Hall–Kier alpha value is -2.24. The summed E-state index contributed by atoms with van der Waals surface area (Å²) in [4.78, 5) is 11.0. The Balaban J connectivity index is 2.55. The molecule has 6 heteroatoms. The molecule has 0 aliphatic heterocycles. The number of rotatable bonds is 5. The maximum Gasteiger partial charge on any atom is 0.307 e. The number of carboxylic acid groups (broad SMARTS) is 1. The molecule has 0 spiro atoms. The fourth-order valence-electron chi connectivity index (χ4n) is 2.23. The summed E-state index contributed by atoms with van der Waals surface area (Å²) in [7, 11) is 0. The molecule has 2 heterocycles.